The minimum absolute atomic E-state index is 0.0964. The zero-order chi connectivity index (χ0) is 26.8. The van der Waals surface area contributed by atoms with Gasteiger partial charge in [-0.3, -0.25) is 19.3 Å². The first-order valence-corrected chi connectivity index (χ1v) is 12.2. The number of amides is 1. The predicted octanol–water partition coefficient (Wildman–Crippen LogP) is 1.14. The Labute approximate surface area is 216 Å². The lowest BCUT2D eigenvalue weighted by molar-refractivity contribution is -0.142. The molecule has 2 aromatic carbocycles. The average molecular weight is 514 g/mol. The molecule has 1 saturated heterocycles. The van der Waals surface area contributed by atoms with Crippen molar-refractivity contribution in [2.24, 2.45) is 5.73 Å². The number of hydrogen-bond donors (Lipinski definition) is 3. The number of methoxy groups -OCH3 is 1. The average Bonchev–Trinajstić information content (AvgIpc) is 2.88. The van der Waals surface area contributed by atoms with Gasteiger partial charge in [-0.05, 0) is 36.1 Å². The second-order valence-electron chi connectivity index (χ2n) is 9.11. The molecule has 3 atom stereocenters. The minimum Gasteiger partial charge on any atom is -0.489 e. The van der Waals surface area contributed by atoms with Crippen molar-refractivity contribution in [3.63, 3.8) is 0 Å². The summed E-state index contributed by atoms with van der Waals surface area (Å²) in [6.45, 7) is 3.45. The summed E-state index contributed by atoms with van der Waals surface area (Å²) in [5.41, 5.74) is 8.76. The number of carbonyl (C=O) groups excluding carboxylic acids is 2. The summed E-state index contributed by atoms with van der Waals surface area (Å²) in [7, 11) is 1.31. The maximum absolute atomic E-state index is 12.2. The van der Waals surface area contributed by atoms with Crippen LogP contribution in [0.3, 0.4) is 0 Å². The van der Waals surface area contributed by atoms with E-state index >= 15 is 0 Å². The fourth-order valence-corrected chi connectivity index (χ4v) is 4.10. The summed E-state index contributed by atoms with van der Waals surface area (Å²) in [6.07, 6.45) is 0.685. The van der Waals surface area contributed by atoms with Crippen molar-refractivity contribution >= 4 is 17.8 Å². The number of carboxylic acids is 1. The van der Waals surface area contributed by atoms with Crippen LogP contribution in [0, 0.1) is 0 Å². The van der Waals surface area contributed by atoms with Crippen LogP contribution in [0.4, 0.5) is 0 Å². The van der Waals surface area contributed by atoms with Gasteiger partial charge in [0.15, 0.2) is 0 Å². The van der Waals surface area contributed by atoms with E-state index in [1.807, 2.05) is 53.4 Å². The van der Waals surface area contributed by atoms with Crippen LogP contribution in [-0.4, -0.2) is 79.4 Å². The first kappa shape index (κ1) is 28.1. The highest BCUT2D eigenvalue weighted by Gasteiger charge is 2.25. The summed E-state index contributed by atoms with van der Waals surface area (Å²) in [4.78, 5) is 37.0. The number of nitrogens with two attached hydrogens (primary N) is 1. The van der Waals surface area contributed by atoms with E-state index in [9.17, 15) is 14.4 Å². The van der Waals surface area contributed by atoms with E-state index < -0.39 is 24.0 Å². The van der Waals surface area contributed by atoms with Crippen molar-refractivity contribution in [2.45, 2.75) is 44.6 Å². The minimum atomic E-state index is -1.08. The number of nitrogens with zero attached hydrogens (tertiary/aromatic N) is 1. The summed E-state index contributed by atoms with van der Waals surface area (Å²) in [6, 6.07) is 13.8. The highest BCUT2D eigenvalue weighted by Crippen LogP contribution is 2.26. The Morgan fingerprint density at radius 3 is 2.65 bits per heavy atom. The molecule has 1 fully saturated rings. The normalized spacial score (nSPS) is 17.4. The van der Waals surface area contributed by atoms with Gasteiger partial charge < -0.3 is 30.4 Å². The van der Waals surface area contributed by atoms with Gasteiger partial charge in [0.05, 0.1) is 26.4 Å². The van der Waals surface area contributed by atoms with E-state index in [1.54, 1.807) is 0 Å². The summed E-state index contributed by atoms with van der Waals surface area (Å²) in [5, 5.41) is 11.5. The monoisotopic (exact) mass is 513 g/mol. The molecule has 0 aromatic heterocycles. The highest BCUT2D eigenvalue weighted by molar-refractivity contribution is 5.84. The molecular formula is C27H35N3O7. The highest BCUT2D eigenvalue weighted by atomic mass is 16.5. The number of nitrogens with one attached hydrogen (secondary N) is 1. The molecule has 4 N–H and O–H groups in total. The quantitative estimate of drug-likeness (QED) is 0.356. The zero-order valence-electron chi connectivity index (χ0n) is 21.2. The maximum atomic E-state index is 12.2. The van der Waals surface area contributed by atoms with Crippen LogP contribution < -0.4 is 15.8 Å². The Balaban J connectivity index is 1.69. The van der Waals surface area contributed by atoms with Gasteiger partial charge in [-0.2, -0.15) is 0 Å². The van der Waals surface area contributed by atoms with Crippen molar-refractivity contribution < 1.29 is 33.7 Å². The molecule has 0 bridgehead atoms. The van der Waals surface area contributed by atoms with Gasteiger partial charge in [0.1, 0.15) is 24.4 Å². The van der Waals surface area contributed by atoms with Crippen molar-refractivity contribution in [2.75, 3.05) is 33.4 Å². The van der Waals surface area contributed by atoms with Crippen molar-refractivity contribution in [3.8, 4) is 5.75 Å². The topological polar surface area (TPSA) is 140 Å². The van der Waals surface area contributed by atoms with Crippen molar-refractivity contribution in [1.82, 2.24) is 10.2 Å². The van der Waals surface area contributed by atoms with Crippen LogP contribution in [0.15, 0.2) is 48.5 Å². The lowest BCUT2D eigenvalue weighted by Crippen LogP contribution is -2.49. The lowest BCUT2D eigenvalue weighted by Gasteiger charge is -2.33. The Hall–Kier alpha value is -3.47. The zero-order valence-corrected chi connectivity index (χ0v) is 21.2. The summed E-state index contributed by atoms with van der Waals surface area (Å²) >= 11 is 0. The fraction of sp³-hybridized carbons (Fsp3) is 0.444. The number of rotatable bonds is 12. The van der Waals surface area contributed by atoms with Crippen LogP contribution in [0.5, 0.6) is 5.75 Å². The number of morpholine rings is 1. The molecule has 37 heavy (non-hydrogen) atoms. The van der Waals surface area contributed by atoms with Crippen LogP contribution in [0.25, 0.3) is 0 Å². The lowest BCUT2D eigenvalue weighted by atomic mass is 10.00. The summed E-state index contributed by atoms with van der Waals surface area (Å²) in [5.74, 6) is -1.22. The Kier molecular flexibility index (Phi) is 10.4. The molecule has 0 aliphatic carbocycles. The largest absolute Gasteiger partial charge is 0.489 e. The van der Waals surface area contributed by atoms with Gasteiger partial charge in [-0.1, -0.05) is 42.5 Å². The molecule has 0 radical (unpaired) electrons. The Morgan fingerprint density at radius 2 is 1.95 bits per heavy atom. The van der Waals surface area contributed by atoms with Crippen LogP contribution >= 0.6 is 0 Å². The molecule has 1 heterocycles. The van der Waals surface area contributed by atoms with Crippen molar-refractivity contribution in [3.05, 3.63) is 65.2 Å². The van der Waals surface area contributed by atoms with Gasteiger partial charge in [0.2, 0.25) is 5.91 Å². The van der Waals surface area contributed by atoms with Gasteiger partial charge in [-0.15, -0.1) is 0 Å². The Bertz CT molecular complexity index is 1060. The van der Waals surface area contributed by atoms with Gasteiger partial charge in [0.25, 0.3) is 0 Å². The Morgan fingerprint density at radius 1 is 1.19 bits per heavy atom. The van der Waals surface area contributed by atoms with Gasteiger partial charge in [-0.25, -0.2) is 0 Å². The van der Waals surface area contributed by atoms with E-state index in [-0.39, 0.29) is 18.6 Å². The van der Waals surface area contributed by atoms with Gasteiger partial charge in [0, 0.05) is 19.5 Å². The number of carbonyl (C=O) groups is 3. The van der Waals surface area contributed by atoms with Crippen molar-refractivity contribution in [1.29, 1.82) is 0 Å². The molecule has 2 aromatic rings. The fourth-order valence-electron chi connectivity index (χ4n) is 4.10. The van der Waals surface area contributed by atoms with E-state index in [1.165, 1.54) is 14.0 Å². The maximum Gasteiger partial charge on any atom is 0.325 e. The third-order valence-corrected chi connectivity index (χ3v) is 6.11. The molecule has 1 aliphatic heterocycles. The molecule has 1 amide bonds. The molecule has 0 spiro atoms. The number of esters is 1. The van der Waals surface area contributed by atoms with Crippen LogP contribution in [-0.2, 0) is 43.3 Å². The number of carboxylic acid groups (broad SMARTS) is 1. The number of aliphatic carboxylic acids is 1. The smallest absolute Gasteiger partial charge is 0.325 e. The number of benzene rings is 2. The first-order chi connectivity index (χ1) is 17.7. The molecule has 200 valence electrons. The van der Waals surface area contributed by atoms with E-state index in [0.29, 0.717) is 44.9 Å². The molecule has 10 nitrogen and oxygen atoms in total. The number of ether oxygens (including phenoxy) is 3. The van der Waals surface area contributed by atoms with Gasteiger partial charge >= 0.3 is 11.9 Å². The van der Waals surface area contributed by atoms with Crippen LogP contribution in [0.2, 0.25) is 0 Å². The third-order valence-electron chi connectivity index (χ3n) is 6.11. The second-order valence-corrected chi connectivity index (χ2v) is 9.11. The molecule has 1 aliphatic rings. The molecular weight excluding hydrogens is 478 g/mol. The molecule has 3 rings (SSSR count). The standard InChI is InChI=1S/C27H35N3O7/c1-18(26(32)33)29-25(31)16-30-10-11-36-22(15-30)14-21-9-8-20(12-23(28)27(34)35-2)13-24(21)37-17-19-6-4-3-5-7-19/h3-9,13,18,22-23H,10-12,14-17,28H2,1-2H3,(H,29,31)(H,32,33)/t18-,22?,23-/m0/s1. The van der Waals surface area contributed by atoms with E-state index in [2.05, 4.69) is 5.32 Å². The van der Waals surface area contributed by atoms with Crippen LogP contribution in [0.1, 0.15) is 23.6 Å². The van der Waals surface area contributed by atoms with E-state index in [0.717, 1.165) is 16.7 Å². The second kappa shape index (κ2) is 13.7. The molecule has 10 heteroatoms. The first-order valence-electron chi connectivity index (χ1n) is 12.2. The molecule has 1 unspecified atom stereocenters. The predicted molar refractivity (Wildman–Crippen MR) is 136 cm³/mol. The summed E-state index contributed by atoms with van der Waals surface area (Å²) < 4.78 is 16.9. The third kappa shape index (κ3) is 8.85. The molecule has 0 saturated carbocycles. The number of hydrogen-bond acceptors (Lipinski definition) is 8. The van der Waals surface area contributed by atoms with E-state index in [4.69, 9.17) is 25.1 Å². The SMILES string of the molecule is COC(=O)[C@@H](N)Cc1ccc(CC2CN(CC(=O)N[C@@H](C)C(=O)O)CCO2)c(OCc2ccccc2)c1.